The van der Waals surface area contributed by atoms with Gasteiger partial charge in [-0.1, -0.05) is 0 Å². The molecule has 0 radical (unpaired) electrons. The van der Waals surface area contributed by atoms with E-state index in [9.17, 15) is 4.79 Å². The van der Waals surface area contributed by atoms with Crippen molar-refractivity contribution in [2.45, 2.75) is 52.2 Å². The van der Waals surface area contributed by atoms with E-state index >= 15 is 0 Å². The van der Waals surface area contributed by atoms with E-state index in [1.165, 1.54) is 0 Å². The van der Waals surface area contributed by atoms with Crippen LogP contribution in [0.4, 0.5) is 4.79 Å². The highest BCUT2D eigenvalue weighted by Crippen LogP contribution is 2.20. The number of furan rings is 1. The van der Waals surface area contributed by atoms with Crippen molar-refractivity contribution in [3.63, 3.8) is 0 Å². The van der Waals surface area contributed by atoms with Gasteiger partial charge in [0.1, 0.15) is 11.4 Å². The number of hydrogen-bond acceptors (Lipinski definition) is 4. The zero-order valence-corrected chi connectivity index (χ0v) is 14.1. The van der Waals surface area contributed by atoms with Crippen LogP contribution in [0.15, 0.2) is 22.8 Å². The van der Waals surface area contributed by atoms with E-state index in [1.807, 2.05) is 37.8 Å². The van der Waals surface area contributed by atoms with Crippen LogP contribution in [0.5, 0.6) is 0 Å². The maximum atomic E-state index is 12.0. The van der Waals surface area contributed by atoms with Crippen LogP contribution in [0, 0.1) is 5.92 Å². The molecule has 0 spiro atoms. The number of carbonyl (C=O) groups excluding carboxylic acids is 1. The molecular formula is C17H28N2O3. The largest absolute Gasteiger partial charge is 0.468 e. The Morgan fingerprint density at radius 1 is 1.45 bits per heavy atom. The van der Waals surface area contributed by atoms with Crippen molar-refractivity contribution in [1.82, 2.24) is 10.2 Å². The number of ether oxygens (including phenoxy) is 1. The summed E-state index contributed by atoms with van der Waals surface area (Å²) in [5.41, 5.74) is -0.423. The third kappa shape index (κ3) is 5.05. The van der Waals surface area contributed by atoms with Crippen LogP contribution < -0.4 is 5.32 Å². The zero-order chi connectivity index (χ0) is 16.2. The molecule has 1 aromatic rings. The van der Waals surface area contributed by atoms with Crippen molar-refractivity contribution >= 4 is 6.09 Å². The maximum Gasteiger partial charge on any atom is 0.410 e. The van der Waals surface area contributed by atoms with Gasteiger partial charge in [-0.25, -0.2) is 4.79 Å². The number of piperidine rings is 1. The van der Waals surface area contributed by atoms with Gasteiger partial charge in [0, 0.05) is 13.1 Å². The van der Waals surface area contributed by atoms with E-state index < -0.39 is 5.60 Å². The summed E-state index contributed by atoms with van der Waals surface area (Å²) < 4.78 is 10.8. The highest BCUT2D eigenvalue weighted by atomic mass is 16.6. The number of hydrogen-bond donors (Lipinski definition) is 1. The Hall–Kier alpha value is -1.49. The Labute approximate surface area is 133 Å². The minimum absolute atomic E-state index is 0.192. The highest BCUT2D eigenvalue weighted by Gasteiger charge is 2.26. The molecule has 1 atom stereocenters. The van der Waals surface area contributed by atoms with Gasteiger partial charge in [-0.2, -0.15) is 0 Å². The summed E-state index contributed by atoms with van der Waals surface area (Å²) in [6, 6.07) is 4.12. The number of rotatable bonds is 4. The van der Waals surface area contributed by atoms with E-state index in [-0.39, 0.29) is 12.1 Å². The first-order chi connectivity index (χ1) is 10.3. The van der Waals surface area contributed by atoms with Crippen LogP contribution >= 0.6 is 0 Å². The summed E-state index contributed by atoms with van der Waals surface area (Å²) >= 11 is 0. The average molecular weight is 308 g/mol. The predicted octanol–water partition coefficient (Wildman–Crippen LogP) is 3.58. The Bertz CT molecular complexity index is 457. The molecule has 1 N–H and O–H groups in total. The standard InChI is InChI=1S/C17H28N2O3/c1-13(15-6-5-11-21-15)18-12-14-7-9-19(10-8-14)16(20)22-17(2,3)4/h5-6,11,13-14,18H,7-10,12H2,1-4H3/t13-/m0/s1. The zero-order valence-electron chi connectivity index (χ0n) is 14.1. The number of carbonyl (C=O) groups is 1. The Kier molecular flexibility index (Phi) is 5.51. The highest BCUT2D eigenvalue weighted by molar-refractivity contribution is 5.68. The first-order valence-corrected chi connectivity index (χ1v) is 8.10. The van der Waals surface area contributed by atoms with Gasteiger partial charge in [0.15, 0.2) is 0 Å². The molecule has 2 rings (SSSR count). The fraction of sp³-hybridized carbons (Fsp3) is 0.706. The second kappa shape index (κ2) is 7.18. The van der Waals surface area contributed by atoms with Crippen LogP contribution in [0.3, 0.4) is 0 Å². The van der Waals surface area contributed by atoms with Crippen molar-refractivity contribution in [1.29, 1.82) is 0 Å². The summed E-state index contributed by atoms with van der Waals surface area (Å²) in [5.74, 6) is 1.56. The van der Waals surface area contributed by atoms with Crippen LogP contribution in [0.2, 0.25) is 0 Å². The molecule has 1 aromatic heterocycles. The summed E-state index contributed by atoms with van der Waals surface area (Å²) in [4.78, 5) is 13.8. The van der Waals surface area contributed by atoms with Gasteiger partial charge in [0.2, 0.25) is 0 Å². The molecule has 1 aliphatic heterocycles. The number of amides is 1. The minimum Gasteiger partial charge on any atom is -0.468 e. The van der Waals surface area contributed by atoms with Crippen molar-refractivity contribution < 1.29 is 13.9 Å². The number of nitrogens with zero attached hydrogens (tertiary/aromatic N) is 1. The van der Waals surface area contributed by atoms with Crippen molar-refractivity contribution in [3.8, 4) is 0 Å². The molecule has 1 amide bonds. The third-order valence-electron chi connectivity index (χ3n) is 3.95. The quantitative estimate of drug-likeness (QED) is 0.923. The van der Waals surface area contributed by atoms with Gasteiger partial charge in [0.05, 0.1) is 12.3 Å². The fourth-order valence-corrected chi connectivity index (χ4v) is 2.63. The second-order valence-electron chi connectivity index (χ2n) is 7.06. The molecule has 2 heterocycles. The third-order valence-corrected chi connectivity index (χ3v) is 3.95. The Morgan fingerprint density at radius 3 is 2.68 bits per heavy atom. The maximum absolute atomic E-state index is 12.0. The second-order valence-corrected chi connectivity index (χ2v) is 7.06. The lowest BCUT2D eigenvalue weighted by atomic mass is 9.96. The molecule has 124 valence electrons. The Balaban J connectivity index is 1.70. The van der Waals surface area contributed by atoms with Gasteiger partial charge in [0.25, 0.3) is 0 Å². The molecule has 0 aliphatic carbocycles. The van der Waals surface area contributed by atoms with Crippen molar-refractivity contribution in [2.75, 3.05) is 19.6 Å². The molecule has 0 bridgehead atoms. The van der Waals surface area contributed by atoms with E-state index in [1.54, 1.807) is 6.26 Å². The van der Waals surface area contributed by atoms with E-state index in [0.717, 1.165) is 38.2 Å². The fourth-order valence-electron chi connectivity index (χ4n) is 2.63. The van der Waals surface area contributed by atoms with E-state index in [4.69, 9.17) is 9.15 Å². The smallest absolute Gasteiger partial charge is 0.410 e. The summed E-state index contributed by atoms with van der Waals surface area (Å²) in [6.07, 6.45) is 3.53. The molecule has 5 heteroatoms. The van der Waals surface area contributed by atoms with Gasteiger partial charge < -0.3 is 19.4 Å². The summed E-state index contributed by atoms with van der Waals surface area (Å²) in [6.45, 7) is 10.3. The average Bonchev–Trinajstić information content (AvgIpc) is 2.97. The molecule has 5 nitrogen and oxygen atoms in total. The lowest BCUT2D eigenvalue weighted by Gasteiger charge is -2.33. The topological polar surface area (TPSA) is 54.7 Å². The lowest BCUT2D eigenvalue weighted by molar-refractivity contribution is 0.0183. The Morgan fingerprint density at radius 2 is 2.14 bits per heavy atom. The van der Waals surface area contributed by atoms with Crippen LogP contribution in [0.25, 0.3) is 0 Å². The lowest BCUT2D eigenvalue weighted by Crippen LogP contribution is -2.43. The van der Waals surface area contributed by atoms with E-state index in [0.29, 0.717) is 5.92 Å². The SMILES string of the molecule is C[C@H](NCC1CCN(C(=O)OC(C)(C)C)CC1)c1ccco1. The van der Waals surface area contributed by atoms with Crippen LogP contribution in [-0.4, -0.2) is 36.2 Å². The summed E-state index contributed by atoms with van der Waals surface area (Å²) in [7, 11) is 0. The van der Waals surface area contributed by atoms with Gasteiger partial charge in [-0.3, -0.25) is 0 Å². The monoisotopic (exact) mass is 308 g/mol. The first kappa shape index (κ1) is 16.9. The molecular weight excluding hydrogens is 280 g/mol. The number of nitrogens with one attached hydrogen (secondary N) is 1. The molecule has 1 saturated heterocycles. The molecule has 0 aromatic carbocycles. The minimum atomic E-state index is -0.423. The number of likely N-dealkylation sites (tertiary alicyclic amines) is 1. The van der Waals surface area contributed by atoms with Gasteiger partial charge >= 0.3 is 6.09 Å². The first-order valence-electron chi connectivity index (χ1n) is 8.10. The van der Waals surface area contributed by atoms with Crippen molar-refractivity contribution in [3.05, 3.63) is 24.2 Å². The van der Waals surface area contributed by atoms with Crippen LogP contribution in [0.1, 0.15) is 52.3 Å². The van der Waals surface area contributed by atoms with Gasteiger partial charge in [-0.15, -0.1) is 0 Å². The molecule has 1 aliphatic rings. The normalized spacial score (nSPS) is 18.3. The molecule has 0 unspecified atom stereocenters. The molecule has 0 saturated carbocycles. The summed E-state index contributed by atoms with van der Waals surface area (Å²) in [5, 5.41) is 3.51. The predicted molar refractivity (Wildman–Crippen MR) is 85.7 cm³/mol. The molecule has 22 heavy (non-hydrogen) atoms. The van der Waals surface area contributed by atoms with Gasteiger partial charge in [-0.05, 0) is 65.1 Å². The van der Waals surface area contributed by atoms with Crippen molar-refractivity contribution in [2.24, 2.45) is 5.92 Å². The van der Waals surface area contributed by atoms with E-state index in [2.05, 4.69) is 12.2 Å². The van der Waals surface area contributed by atoms with Crippen LogP contribution in [-0.2, 0) is 4.74 Å². The molecule has 1 fully saturated rings.